The Morgan fingerprint density at radius 1 is 1.20 bits per heavy atom. The minimum absolute atomic E-state index is 0.0262. The molecule has 3 rings (SSSR count). The van der Waals surface area contributed by atoms with E-state index in [1.165, 1.54) is 23.5 Å². The van der Waals surface area contributed by atoms with Gasteiger partial charge in [0, 0.05) is 19.5 Å². The molecule has 0 saturated heterocycles. The van der Waals surface area contributed by atoms with E-state index in [1.807, 2.05) is 13.8 Å². The quantitative estimate of drug-likeness (QED) is 0.769. The van der Waals surface area contributed by atoms with E-state index in [2.05, 4.69) is 10.1 Å². The van der Waals surface area contributed by atoms with Gasteiger partial charge < -0.3 is 14.0 Å². The van der Waals surface area contributed by atoms with Gasteiger partial charge in [-0.3, -0.25) is 0 Å². The van der Waals surface area contributed by atoms with E-state index in [4.69, 9.17) is 14.0 Å². The van der Waals surface area contributed by atoms with Gasteiger partial charge in [-0.25, -0.2) is 8.42 Å². The summed E-state index contributed by atoms with van der Waals surface area (Å²) in [6.07, 6.45) is 0.658. The highest BCUT2D eigenvalue weighted by atomic mass is 32.2. The molecule has 2 aromatic rings. The molecule has 0 saturated carbocycles. The van der Waals surface area contributed by atoms with E-state index in [0.717, 1.165) is 0 Å². The SMILES string of the molecule is CC(C)Cc1nc(CN(C)S(=O)(=O)c2ccc3c(c2)OCCO3)no1. The first-order valence-electron chi connectivity index (χ1n) is 8.03. The monoisotopic (exact) mass is 367 g/mol. The Labute approximate surface area is 146 Å². The lowest BCUT2D eigenvalue weighted by Crippen LogP contribution is -2.27. The zero-order valence-electron chi connectivity index (χ0n) is 14.4. The van der Waals surface area contributed by atoms with Crippen LogP contribution in [0.4, 0.5) is 0 Å². The van der Waals surface area contributed by atoms with Crippen molar-refractivity contribution in [3.8, 4) is 11.5 Å². The second-order valence-corrected chi connectivity index (χ2v) is 8.31. The molecule has 0 spiro atoms. The van der Waals surface area contributed by atoms with Gasteiger partial charge in [0.1, 0.15) is 13.2 Å². The Morgan fingerprint density at radius 2 is 1.92 bits per heavy atom. The Kier molecular flexibility index (Phi) is 4.96. The molecular weight excluding hydrogens is 346 g/mol. The maximum Gasteiger partial charge on any atom is 0.243 e. The van der Waals surface area contributed by atoms with Crippen molar-refractivity contribution in [1.29, 1.82) is 0 Å². The van der Waals surface area contributed by atoms with E-state index in [9.17, 15) is 8.42 Å². The molecular formula is C16H21N3O5S. The lowest BCUT2D eigenvalue weighted by atomic mass is 10.1. The summed E-state index contributed by atoms with van der Waals surface area (Å²) in [6.45, 7) is 4.96. The van der Waals surface area contributed by atoms with Crippen molar-refractivity contribution in [2.24, 2.45) is 5.92 Å². The standard InChI is InChI=1S/C16H21N3O5S/c1-11(2)8-16-17-15(18-24-16)10-19(3)25(20,21)12-4-5-13-14(9-12)23-7-6-22-13/h4-5,9,11H,6-8,10H2,1-3H3. The zero-order chi connectivity index (χ0) is 18.0. The normalized spacial score (nSPS) is 14.3. The van der Waals surface area contributed by atoms with Crippen LogP contribution in [0.25, 0.3) is 0 Å². The van der Waals surface area contributed by atoms with E-state index < -0.39 is 10.0 Å². The fraction of sp³-hybridized carbons (Fsp3) is 0.500. The molecule has 0 unspecified atom stereocenters. The first kappa shape index (κ1) is 17.7. The number of sulfonamides is 1. The van der Waals surface area contributed by atoms with E-state index in [1.54, 1.807) is 6.07 Å². The number of benzene rings is 1. The fourth-order valence-electron chi connectivity index (χ4n) is 2.43. The van der Waals surface area contributed by atoms with Gasteiger partial charge in [-0.2, -0.15) is 9.29 Å². The summed E-state index contributed by atoms with van der Waals surface area (Å²) in [4.78, 5) is 4.37. The van der Waals surface area contributed by atoms with Gasteiger partial charge in [-0.05, 0) is 18.1 Å². The number of rotatable bonds is 6. The number of hydrogen-bond acceptors (Lipinski definition) is 7. The van der Waals surface area contributed by atoms with Crippen LogP contribution in [-0.2, 0) is 23.0 Å². The maximum absolute atomic E-state index is 12.8. The molecule has 136 valence electrons. The van der Waals surface area contributed by atoms with Crippen molar-refractivity contribution in [3.05, 3.63) is 29.9 Å². The number of hydrogen-bond donors (Lipinski definition) is 0. The van der Waals surface area contributed by atoms with Gasteiger partial charge >= 0.3 is 0 Å². The number of nitrogens with zero attached hydrogens (tertiary/aromatic N) is 3. The van der Waals surface area contributed by atoms with Gasteiger partial charge in [-0.1, -0.05) is 19.0 Å². The Morgan fingerprint density at radius 3 is 2.64 bits per heavy atom. The van der Waals surface area contributed by atoms with E-state index >= 15 is 0 Å². The van der Waals surface area contributed by atoms with Crippen LogP contribution in [0.1, 0.15) is 25.6 Å². The molecule has 1 aliphatic rings. The first-order chi connectivity index (χ1) is 11.9. The molecule has 1 aliphatic heterocycles. The fourth-order valence-corrected chi connectivity index (χ4v) is 3.58. The predicted octanol–water partition coefficient (Wildman–Crippen LogP) is 1.86. The van der Waals surface area contributed by atoms with Crippen LogP contribution in [0.15, 0.2) is 27.6 Å². The van der Waals surface area contributed by atoms with Gasteiger partial charge in [0.25, 0.3) is 0 Å². The third kappa shape index (κ3) is 3.93. The molecule has 9 heteroatoms. The molecule has 0 bridgehead atoms. The molecule has 8 nitrogen and oxygen atoms in total. The largest absolute Gasteiger partial charge is 0.486 e. The molecule has 1 aromatic heterocycles. The number of aromatic nitrogens is 2. The van der Waals surface area contributed by atoms with E-state index in [0.29, 0.717) is 48.8 Å². The van der Waals surface area contributed by atoms with Crippen molar-refractivity contribution < 1.29 is 22.4 Å². The molecule has 1 aromatic carbocycles. The number of ether oxygens (including phenoxy) is 2. The molecule has 0 aliphatic carbocycles. The van der Waals surface area contributed by atoms with Gasteiger partial charge in [0.15, 0.2) is 17.3 Å². The average Bonchev–Trinajstić information content (AvgIpc) is 3.00. The van der Waals surface area contributed by atoms with Crippen LogP contribution in [0.3, 0.4) is 0 Å². The van der Waals surface area contributed by atoms with Crippen molar-refractivity contribution in [2.45, 2.75) is 31.7 Å². The minimum atomic E-state index is -3.71. The molecule has 0 amide bonds. The predicted molar refractivity (Wildman–Crippen MR) is 88.9 cm³/mol. The zero-order valence-corrected chi connectivity index (χ0v) is 15.2. The third-order valence-corrected chi connectivity index (χ3v) is 5.48. The minimum Gasteiger partial charge on any atom is -0.486 e. The highest BCUT2D eigenvalue weighted by Gasteiger charge is 2.25. The lowest BCUT2D eigenvalue weighted by molar-refractivity contribution is 0.171. The van der Waals surface area contributed by atoms with Crippen molar-refractivity contribution in [3.63, 3.8) is 0 Å². The van der Waals surface area contributed by atoms with E-state index in [-0.39, 0.29) is 11.4 Å². The summed E-state index contributed by atoms with van der Waals surface area (Å²) in [7, 11) is -2.23. The second kappa shape index (κ2) is 7.01. The molecule has 2 heterocycles. The third-order valence-electron chi connectivity index (χ3n) is 3.68. The van der Waals surface area contributed by atoms with Crippen LogP contribution >= 0.6 is 0 Å². The number of fused-ring (bicyclic) bond motifs is 1. The van der Waals surface area contributed by atoms with Crippen LogP contribution in [0.2, 0.25) is 0 Å². The topological polar surface area (TPSA) is 94.8 Å². The van der Waals surface area contributed by atoms with Crippen molar-refractivity contribution in [1.82, 2.24) is 14.4 Å². The highest BCUT2D eigenvalue weighted by Crippen LogP contribution is 2.33. The second-order valence-electron chi connectivity index (χ2n) is 6.27. The van der Waals surface area contributed by atoms with Crippen molar-refractivity contribution >= 4 is 10.0 Å². The summed E-state index contributed by atoms with van der Waals surface area (Å²) in [5.74, 6) is 2.20. The maximum atomic E-state index is 12.8. The van der Waals surface area contributed by atoms with Crippen LogP contribution in [0.5, 0.6) is 11.5 Å². The van der Waals surface area contributed by atoms with Gasteiger partial charge in [-0.15, -0.1) is 0 Å². The summed E-state index contributed by atoms with van der Waals surface area (Å²) in [5.41, 5.74) is 0. The molecule has 0 radical (unpaired) electrons. The Bertz CT molecular complexity index is 847. The van der Waals surface area contributed by atoms with Crippen LogP contribution in [-0.4, -0.2) is 43.1 Å². The van der Waals surface area contributed by atoms with Crippen LogP contribution in [0, 0.1) is 5.92 Å². The smallest absolute Gasteiger partial charge is 0.243 e. The van der Waals surface area contributed by atoms with Gasteiger partial charge in [0.05, 0.1) is 11.4 Å². The summed E-state index contributed by atoms with van der Waals surface area (Å²) in [6, 6.07) is 4.57. The van der Waals surface area contributed by atoms with Gasteiger partial charge in [0.2, 0.25) is 15.9 Å². The summed E-state index contributed by atoms with van der Waals surface area (Å²) < 4.78 is 42.7. The van der Waals surface area contributed by atoms with Crippen LogP contribution < -0.4 is 9.47 Å². The summed E-state index contributed by atoms with van der Waals surface area (Å²) in [5, 5.41) is 3.85. The first-order valence-corrected chi connectivity index (χ1v) is 9.47. The lowest BCUT2D eigenvalue weighted by Gasteiger charge is -2.20. The Balaban J connectivity index is 1.76. The Hall–Kier alpha value is -2.13. The molecule has 0 atom stereocenters. The molecule has 25 heavy (non-hydrogen) atoms. The summed E-state index contributed by atoms with van der Waals surface area (Å²) >= 11 is 0. The highest BCUT2D eigenvalue weighted by molar-refractivity contribution is 7.89. The average molecular weight is 367 g/mol. The molecule has 0 N–H and O–H groups in total. The van der Waals surface area contributed by atoms with Crippen molar-refractivity contribution in [2.75, 3.05) is 20.3 Å². The molecule has 0 fully saturated rings.